The summed E-state index contributed by atoms with van der Waals surface area (Å²) in [6.07, 6.45) is 0.398. The molecule has 0 saturated carbocycles. The number of piperidine rings is 1. The molecule has 5 rings (SSSR count). The lowest BCUT2D eigenvalue weighted by Gasteiger charge is -2.36. The lowest BCUT2D eigenvalue weighted by Crippen LogP contribution is -2.53. The van der Waals surface area contributed by atoms with Crippen LogP contribution in [0.4, 0.5) is 5.69 Å². The van der Waals surface area contributed by atoms with Crippen LogP contribution in [0, 0.1) is 11.3 Å². The number of methoxy groups -OCH3 is 3. The minimum atomic E-state index is -4.06. The highest BCUT2D eigenvalue weighted by Gasteiger charge is 2.41. The second-order valence-electron chi connectivity index (χ2n) is 19.2. The zero-order chi connectivity index (χ0) is 52.6. The maximum atomic E-state index is 14.2. The predicted octanol–water partition coefficient (Wildman–Crippen LogP) is 7.47. The van der Waals surface area contributed by atoms with E-state index in [9.17, 15) is 37.5 Å². The fourth-order valence-corrected chi connectivity index (χ4v) is 10.1. The third kappa shape index (κ3) is 15.6. The topological polar surface area (TPSA) is 207 Å². The number of sulfonamides is 1. The summed E-state index contributed by atoms with van der Waals surface area (Å²) in [4.78, 5) is 69.6. The number of esters is 1. The quantitative estimate of drug-likeness (QED) is 0.0414. The molecular weight excluding hydrogens is 941 g/mol. The summed E-state index contributed by atoms with van der Waals surface area (Å²) in [5.41, 5.74) is 1.73. The van der Waals surface area contributed by atoms with Crippen molar-refractivity contribution in [3.05, 3.63) is 114 Å². The van der Waals surface area contributed by atoms with Gasteiger partial charge in [0.2, 0.25) is 27.6 Å². The van der Waals surface area contributed by atoms with Gasteiger partial charge in [0.1, 0.15) is 17.9 Å². The van der Waals surface area contributed by atoms with Gasteiger partial charge in [-0.15, -0.1) is 0 Å². The van der Waals surface area contributed by atoms with Gasteiger partial charge in [0, 0.05) is 43.6 Å². The van der Waals surface area contributed by atoms with Gasteiger partial charge in [-0.3, -0.25) is 19.2 Å². The number of likely N-dealkylation sites (tertiary alicyclic amines) is 1. The van der Waals surface area contributed by atoms with Crippen molar-refractivity contribution in [1.82, 2.24) is 14.5 Å². The number of ketones is 1. The lowest BCUT2D eigenvalue weighted by atomic mass is 9.84. The molecule has 0 aromatic heterocycles. The molecule has 0 bridgehead atoms. The summed E-state index contributed by atoms with van der Waals surface area (Å²) < 4.78 is 51.5. The van der Waals surface area contributed by atoms with Crippen LogP contribution < -0.4 is 24.8 Å². The van der Waals surface area contributed by atoms with Crippen LogP contribution in [0.15, 0.2) is 102 Å². The molecule has 1 aliphatic rings. The number of nitrogens with zero attached hydrogens (tertiary/aromatic N) is 2. The van der Waals surface area contributed by atoms with Crippen molar-refractivity contribution in [3.63, 3.8) is 0 Å². The number of ether oxygens (including phenoxy) is 4. The van der Waals surface area contributed by atoms with E-state index in [0.717, 1.165) is 11.1 Å². The van der Waals surface area contributed by atoms with Gasteiger partial charge in [-0.2, -0.15) is 4.31 Å². The molecule has 16 nitrogen and oxygen atoms in total. The third-order valence-corrected chi connectivity index (χ3v) is 14.9. The monoisotopic (exact) mass is 1010 g/mol. The molecule has 0 radical (unpaired) electrons. The minimum Gasteiger partial charge on any atom is -0.497 e. The second kappa shape index (κ2) is 26.4. The van der Waals surface area contributed by atoms with Crippen molar-refractivity contribution in [2.45, 2.75) is 122 Å². The average Bonchev–Trinajstić information content (AvgIpc) is 3.38. The van der Waals surface area contributed by atoms with E-state index in [4.69, 9.17) is 18.9 Å². The Kier molecular flexibility index (Phi) is 20.8. The Labute approximate surface area is 424 Å². The van der Waals surface area contributed by atoms with Gasteiger partial charge in [-0.1, -0.05) is 83.1 Å². The molecule has 1 fully saturated rings. The number of nitrogens with one attached hydrogen (secondary N) is 2. The Balaban J connectivity index is 1.31. The largest absolute Gasteiger partial charge is 0.497 e. The third-order valence-electron chi connectivity index (χ3n) is 13.0. The molecular formula is C55H72N4O12S. The van der Waals surface area contributed by atoms with E-state index in [-0.39, 0.29) is 49.7 Å². The molecule has 1 saturated heterocycles. The van der Waals surface area contributed by atoms with Crippen LogP contribution in [0.25, 0.3) is 0 Å². The Morgan fingerprint density at radius 1 is 0.806 bits per heavy atom. The van der Waals surface area contributed by atoms with Crippen molar-refractivity contribution in [2.75, 3.05) is 46.3 Å². The van der Waals surface area contributed by atoms with Gasteiger partial charge in [-0.25, -0.2) is 13.2 Å². The first kappa shape index (κ1) is 56.6. The molecule has 1 heterocycles. The average molecular weight is 1010 g/mol. The van der Waals surface area contributed by atoms with Gasteiger partial charge in [-0.05, 0) is 116 Å². The Hall–Kier alpha value is -6.30. The van der Waals surface area contributed by atoms with Crippen molar-refractivity contribution in [3.8, 4) is 17.2 Å². The molecule has 1 aliphatic heterocycles. The van der Waals surface area contributed by atoms with Crippen LogP contribution in [0.1, 0.15) is 102 Å². The molecule has 3 N–H and O–H groups in total. The van der Waals surface area contributed by atoms with E-state index in [1.54, 1.807) is 70.5 Å². The molecule has 3 amide bonds. The Morgan fingerprint density at radius 2 is 1.50 bits per heavy atom. The highest BCUT2D eigenvalue weighted by atomic mass is 32.2. The molecule has 4 aromatic carbocycles. The number of benzene rings is 4. The molecule has 4 atom stereocenters. The molecule has 0 spiro atoms. The fourth-order valence-electron chi connectivity index (χ4n) is 8.45. The number of hydrogen-bond donors (Lipinski definition) is 3. The number of carbonyl (C=O) groups is 5. The van der Waals surface area contributed by atoms with Crippen LogP contribution in [0.5, 0.6) is 17.2 Å². The van der Waals surface area contributed by atoms with Crippen molar-refractivity contribution >= 4 is 45.2 Å². The van der Waals surface area contributed by atoms with Crippen LogP contribution in [0.2, 0.25) is 0 Å². The Morgan fingerprint density at radius 3 is 2.15 bits per heavy atom. The summed E-state index contributed by atoms with van der Waals surface area (Å²) in [6, 6.07) is 25.7. The highest BCUT2D eigenvalue weighted by molar-refractivity contribution is 7.89. The molecule has 4 aromatic rings. The zero-order valence-corrected chi connectivity index (χ0v) is 43.7. The van der Waals surface area contributed by atoms with Crippen LogP contribution >= 0.6 is 0 Å². The first-order valence-corrected chi connectivity index (χ1v) is 26.1. The summed E-state index contributed by atoms with van der Waals surface area (Å²) in [7, 11) is 0.510. The van der Waals surface area contributed by atoms with Crippen molar-refractivity contribution in [1.29, 1.82) is 0 Å². The number of aliphatic hydroxyl groups is 1. The summed E-state index contributed by atoms with van der Waals surface area (Å²) in [6.45, 7) is 9.08. The maximum absolute atomic E-state index is 14.2. The Bertz CT molecular complexity index is 2570. The predicted molar refractivity (Wildman–Crippen MR) is 274 cm³/mol. The van der Waals surface area contributed by atoms with Crippen molar-refractivity contribution in [2.24, 2.45) is 11.3 Å². The zero-order valence-electron chi connectivity index (χ0n) is 42.9. The second-order valence-corrected chi connectivity index (χ2v) is 21.2. The SMILES string of the molecule is CCC(C)(C)C(=O)C(=O)N1CCCCC1C(=O)OC(CCc1ccc(OC)c(OC)c1)c1cccc(NC(=O)CCC(=O)N[C@@H](Cc2ccccc2)[C@H](O)CN(CC(C)C)S(=O)(=O)c2ccc(OC)cc2)c1. The highest BCUT2D eigenvalue weighted by Crippen LogP contribution is 2.33. The lowest BCUT2D eigenvalue weighted by molar-refractivity contribution is -0.164. The van der Waals surface area contributed by atoms with E-state index in [2.05, 4.69) is 10.6 Å². The van der Waals surface area contributed by atoms with Crippen molar-refractivity contribution < 1.29 is 56.4 Å². The van der Waals surface area contributed by atoms with Gasteiger partial charge in [0.05, 0.1) is 38.4 Å². The van der Waals surface area contributed by atoms with Crippen LogP contribution in [0.3, 0.4) is 0 Å². The number of carbonyl (C=O) groups excluding carboxylic acids is 5. The van der Waals surface area contributed by atoms with E-state index < -0.39 is 69.2 Å². The summed E-state index contributed by atoms with van der Waals surface area (Å²) in [5, 5.41) is 17.4. The number of aryl methyl sites for hydroxylation is 1. The van der Waals surface area contributed by atoms with E-state index in [1.165, 1.54) is 28.4 Å². The van der Waals surface area contributed by atoms with Gasteiger partial charge >= 0.3 is 5.97 Å². The standard InChI is InChI=1S/C55H72N4O12S/c1-9-55(4,5)52(63)53(64)59-31-14-13-20-45(59)54(65)71-47(27-21-39-22-28-48(69-7)49(33-39)70-8)40-18-15-19-41(34-40)56-50(61)29-30-51(62)57-44(32-38-16-11-10-12-17-38)46(60)36-58(35-37(2)3)72(66,67)43-25-23-42(68-6)24-26-43/h10-12,15-19,22-26,28,33-34,37,44-47,60H,9,13-14,20-21,27,29-32,35-36H2,1-8H3,(H,56,61)(H,57,62)/t44-,45?,46+,47?/m0/s1. The van der Waals surface area contributed by atoms with E-state index in [0.29, 0.717) is 67.0 Å². The fraction of sp³-hybridized carbons (Fsp3) is 0.473. The van der Waals surface area contributed by atoms with E-state index in [1.807, 2.05) is 63.2 Å². The number of aliphatic hydroxyl groups excluding tert-OH is 1. The number of Topliss-reactive ketones (excluding diaryl/α,β-unsaturated/α-hetero) is 1. The van der Waals surface area contributed by atoms with Gasteiger partial charge in [0.15, 0.2) is 11.5 Å². The number of anilines is 1. The molecule has 72 heavy (non-hydrogen) atoms. The number of amides is 3. The smallest absolute Gasteiger partial charge is 0.329 e. The maximum Gasteiger partial charge on any atom is 0.329 e. The number of hydrogen-bond acceptors (Lipinski definition) is 12. The summed E-state index contributed by atoms with van der Waals surface area (Å²) in [5.74, 6) is -1.39. The minimum absolute atomic E-state index is 0.0344. The first-order valence-electron chi connectivity index (χ1n) is 24.6. The number of rotatable bonds is 26. The first-order chi connectivity index (χ1) is 34.3. The molecule has 2 unspecified atom stereocenters. The molecule has 0 aliphatic carbocycles. The summed E-state index contributed by atoms with van der Waals surface area (Å²) >= 11 is 0. The van der Waals surface area contributed by atoms with E-state index >= 15 is 0 Å². The van der Waals surface area contributed by atoms with Crippen LogP contribution in [-0.2, 0) is 51.6 Å². The molecule has 17 heteroatoms. The normalized spacial score (nSPS) is 15.3. The van der Waals surface area contributed by atoms with Gasteiger partial charge in [0.25, 0.3) is 5.91 Å². The van der Waals surface area contributed by atoms with Gasteiger partial charge < -0.3 is 39.6 Å². The van der Waals surface area contributed by atoms with Crippen LogP contribution in [-0.4, -0.2) is 111 Å². The molecule has 390 valence electrons.